The zero-order chi connectivity index (χ0) is 13.7. The Morgan fingerprint density at radius 2 is 1.74 bits per heavy atom. The Kier molecular flexibility index (Phi) is 4.05. The van der Waals surface area contributed by atoms with E-state index in [0.29, 0.717) is 22.6 Å². The van der Waals surface area contributed by atoms with Gasteiger partial charge in [0, 0.05) is 4.91 Å². The maximum absolute atomic E-state index is 8.98. The van der Waals surface area contributed by atoms with Crippen LogP contribution < -0.4 is 10.2 Å². The molecular weight excluding hydrogens is 245 g/mol. The molecule has 0 aromatic heterocycles. The first kappa shape index (κ1) is 13.0. The first-order valence-corrected chi connectivity index (χ1v) is 5.49. The van der Waals surface area contributed by atoms with Crippen molar-refractivity contribution >= 4 is 18.3 Å². The maximum Gasteiger partial charge on any atom is 0.488 e. The summed E-state index contributed by atoms with van der Waals surface area (Å²) in [5, 5.41) is 21.5. The largest absolute Gasteiger partial charge is 0.488 e. The van der Waals surface area contributed by atoms with Gasteiger partial charge in [0.15, 0.2) is 0 Å². The van der Waals surface area contributed by atoms with Gasteiger partial charge in [0.05, 0.1) is 5.69 Å². The minimum atomic E-state index is -1.51. The third kappa shape index (κ3) is 3.26. The molecule has 0 spiro atoms. The Bertz CT molecular complexity index is 610. The van der Waals surface area contributed by atoms with Crippen LogP contribution in [-0.4, -0.2) is 17.2 Å². The fraction of sp³-hybridized carbons (Fsp3) is 0. The lowest BCUT2D eigenvalue weighted by atomic mass is 9.80. The number of para-hydroxylation sites is 1. The van der Waals surface area contributed by atoms with Gasteiger partial charge in [-0.3, -0.25) is 0 Å². The van der Waals surface area contributed by atoms with E-state index in [4.69, 9.17) is 20.3 Å². The first-order chi connectivity index (χ1) is 9.20. The third-order valence-corrected chi connectivity index (χ3v) is 2.42. The standard InChI is InChI=1S/C12H10BN3O3/c14-16-15-11-3-1-2-4-12(11)19-10-7-5-9(6-8-10)13(17)18/h1-8,17-18H. The normalized spacial score (nSPS) is 9.58. The maximum atomic E-state index is 8.98. The molecular formula is C12H10BN3O3. The van der Waals surface area contributed by atoms with Crippen molar-refractivity contribution in [3.05, 3.63) is 59.0 Å². The highest BCUT2D eigenvalue weighted by atomic mass is 16.5. The van der Waals surface area contributed by atoms with Gasteiger partial charge in [0.1, 0.15) is 11.5 Å². The van der Waals surface area contributed by atoms with E-state index in [9.17, 15) is 0 Å². The number of hydrogen-bond acceptors (Lipinski definition) is 4. The summed E-state index contributed by atoms with van der Waals surface area (Å²) < 4.78 is 5.57. The molecule has 0 radical (unpaired) electrons. The lowest BCUT2D eigenvalue weighted by Crippen LogP contribution is -2.29. The van der Waals surface area contributed by atoms with Crippen LogP contribution in [0.25, 0.3) is 10.4 Å². The summed E-state index contributed by atoms with van der Waals surface area (Å²) in [4.78, 5) is 2.72. The average Bonchev–Trinajstić information content (AvgIpc) is 2.42. The predicted octanol–water partition coefficient (Wildman–Crippen LogP) is 2.10. The van der Waals surface area contributed by atoms with Crippen LogP contribution in [0.5, 0.6) is 11.5 Å². The Morgan fingerprint density at radius 1 is 1.05 bits per heavy atom. The van der Waals surface area contributed by atoms with Crippen LogP contribution in [0.15, 0.2) is 53.6 Å². The van der Waals surface area contributed by atoms with Gasteiger partial charge in [-0.25, -0.2) is 0 Å². The van der Waals surface area contributed by atoms with Crippen LogP contribution in [-0.2, 0) is 0 Å². The summed E-state index contributed by atoms with van der Waals surface area (Å²) in [6, 6.07) is 13.1. The highest BCUT2D eigenvalue weighted by molar-refractivity contribution is 6.58. The topological polar surface area (TPSA) is 98.5 Å². The highest BCUT2D eigenvalue weighted by Crippen LogP contribution is 2.31. The van der Waals surface area contributed by atoms with Gasteiger partial charge in [-0.1, -0.05) is 29.4 Å². The third-order valence-electron chi connectivity index (χ3n) is 2.42. The Labute approximate surface area is 109 Å². The molecule has 7 heteroatoms. The van der Waals surface area contributed by atoms with E-state index in [2.05, 4.69) is 10.0 Å². The number of ether oxygens (including phenoxy) is 1. The molecule has 2 rings (SSSR count). The molecule has 0 unspecified atom stereocenters. The lowest BCUT2D eigenvalue weighted by molar-refractivity contribution is 0.425. The molecule has 0 heterocycles. The van der Waals surface area contributed by atoms with Crippen LogP contribution in [0.3, 0.4) is 0 Å². The second kappa shape index (κ2) is 5.93. The molecule has 6 nitrogen and oxygen atoms in total. The summed E-state index contributed by atoms with van der Waals surface area (Å²) in [7, 11) is -1.51. The van der Waals surface area contributed by atoms with Gasteiger partial charge < -0.3 is 14.8 Å². The monoisotopic (exact) mass is 255 g/mol. The van der Waals surface area contributed by atoms with Crippen molar-refractivity contribution in [2.75, 3.05) is 0 Å². The zero-order valence-corrected chi connectivity index (χ0v) is 9.84. The fourth-order valence-corrected chi connectivity index (χ4v) is 1.51. The van der Waals surface area contributed by atoms with E-state index in [-0.39, 0.29) is 0 Å². The van der Waals surface area contributed by atoms with Gasteiger partial charge in [0.25, 0.3) is 0 Å². The second-order valence-corrected chi connectivity index (χ2v) is 3.70. The molecule has 0 fully saturated rings. The predicted molar refractivity (Wildman–Crippen MR) is 71.6 cm³/mol. The zero-order valence-electron chi connectivity index (χ0n) is 9.84. The molecule has 0 aliphatic rings. The number of rotatable bonds is 4. The first-order valence-electron chi connectivity index (χ1n) is 5.49. The number of nitrogens with zero attached hydrogens (tertiary/aromatic N) is 3. The molecule has 0 atom stereocenters. The van der Waals surface area contributed by atoms with Crippen LogP contribution in [0.1, 0.15) is 0 Å². The van der Waals surface area contributed by atoms with Crippen molar-refractivity contribution in [3.63, 3.8) is 0 Å². The van der Waals surface area contributed by atoms with Crippen molar-refractivity contribution in [1.29, 1.82) is 0 Å². The van der Waals surface area contributed by atoms with Crippen molar-refractivity contribution in [2.24, 2.45) is 5.11 Å². The van der Waals surface area contributed by atoms with Gasteiger partial charge in [-0.05, 0) is 35.3 Å². The minimum absolute atomic E-state index is 0.371. The quantitative estimate of drug-likeness (QED) is 0.378. The number of hydrogen-bond donors (Lipinski definition) is 2. The Balaban J connectivity index is 2.23. The van der Waals surface area contributed by atoms with Crippen molar-refractivity contribution < 1.29 is 14.8 Å². The van der Waals surface area contributed by atoms with Crippen LogP contribution in [0, 0.1) is 0 Å². The van der Waals surface area contributed by atoms with E-state index in [1.165, 1.54) is 12.1 Å². The summed E-state index contributed by atoms with van der Waals surface area (Å²) in [6.07, 6.45) is 0. The van der Waals surface area contributed by atoms with Crippen molar-refractivity contribution in [2.45, 2.75) is 0 Å². The Hall–Kier alpha value is -2.47. The molecule has 0 bridgehead atoms. The molecule has 0 aliphatic carbocycles. The van der Waals surface area contributed by atoms with Crippen molar-refractivity contribution in [3.8, 4) is 11.5 Å². The summed E-state index contributed by atoms with van der Waals surface area (Å²) >= 11 is 0. The highest BCUT2D eigenvalue weighted by Gasteiger charge is 2.10. The Morgan fingerprint density at radius 3 is 2.37 bits per heavy atom. The molecule has 2 N–H and O–H groups in total. The van der Waals surface area contributed by atoms with E-state index in [1.807, 2.05) is 0 Å². The number of azide groups is 1. The summed E-state index contributed by atoms with van der Waals surface area (Å²) in [5.41, 5.74) is 9.21. The molecule has 2 aromatic rings. The molecule has 94 valence electrons. The van der Waals surface area contributed by atoms with Crippen LogP contribution in [0.4, 0.5) is 5.69 Å². The van der Waals surface area contributed by atoms with E-state index in [1.54, 1.807) is 36.4 Å². The lowest BCUT2D eigenvalue weighted by Gasteiger charge is -2.08. The van der Waals surface area contributed by atoms with Gasteiger partial charge >= 0.3 is 7.12 Å². The van der Waals surface area contributed by atoms with Crippen LogP contribution in [0.2, 0.25) is 0 Å². The second-order valence-electron chi connectivity index (χ2n) is 3.70. The summed E-state index contributed by atoms with van der Waals surface area (Å²) in [6.45, 7) is 0. The van der Waals surface area contributed by atoms with Gasteiger partial charge in [0.2, 0.25) is 0 Å². The molecule has 2 aromatic carbocycles. The molecule has 0 saturated carbocycles. The number of benzene rings is 2. The van der Waals surface area contributed by atoms with E-state index in [0.717, 1.165) is 0 Å². The van der Waals surface area contributed by atoms with Crippen LogP contribution >= 0.6 is 0 Å². The summed E-state index contributed by atoms with van der Waals surface area (Å²) in [5.74, 6) is 0.933. The molecule has 0 amide bonds. The van der Waals surface area contributed by atoms with E-state index < -0.39 is 7.12 Å². The van der Waals surface area contributed by atoms with Gasteiger partial charge in [-0.15, -0.1) is 0 Å². The molecule has 0 saturated heterocycles. The van der Waals surface area contributed by atoms with Crippen molar-refractivity contribution in [1.82, 2.24) is 0 Å². The SMILES string of the molecule is [N-]=[N+]=Nc1ccccc1Oc1ccc(B(O)O)cc1. The minimum Gasteiger partial charge on any atom is -0.457 e. The molecule has 0 aliphatic heterocycles. The van der Waals surface area contributed by atoms with E-state index >= 15 is 0 Å². The fourth-order valence-electron chi connectivity index (χ4n) is 1.51. The average molecular weight is 255 g/mol. The smallest absolute Gasteiger partial charge is 0.457 e. The molecule has 19 heavy (non-hydrogen) atoms. The van der Waals surface area contributed by atoms with Gasteiger partial charge in [-0.2, -0.15) is 0 Å².